The first kappa shape index (κ1) is 15.7. The van der Waals surface area contributed by atoms with Crippen LogP contribution in [0.4, 0.5) is 0 Å². The molecule has 2 aromatic rings. The van der Waals surface area contributed by atoms with Gasteiger partial charge in [-0.1, -0.05) is 18.2 Å². The summed E-state index contributed by atoms with van der Waals surface area (Å²) >= 11 is 0. The summed E-state index contributed by atoms with van der Waals surface area (Å²) in [4.78, 5) is 0. The molecule has 126 valence electrons. The van der Waals surface area contributed by atoms with Gasteiger partial charge >= 0.3 is 7.52 Å². The fraction of sp³-hybridized carbons (Fsp3) is 0.333. The lowest BCUT2D eigenvalue weighted by Gasteiger charge is -2.32. The molecule has 5 nitrogen and oxygen atoms in total. The number of benzene rings is 2. The van der Waals surface area contributed by atoms with Crippen molar-refractivity contribution >= 4 is 12.8 Å². The SMILES string of the molecule is O=P(Oc1ccccc1)(c1ccc(O)cc1)N1[C@H]2CC[C@@H]1[C@H](O)C2. The minimum absolute atomic E-state index is 0.0633. The third kappa shape index (κ3) is 2.53. The van der Waals surface area contributed by atoms with Crippen LogP contribution in [0.3, 0.4) is 0 Å². The fourth-order valence-corrected chi connectivity index (χ4v) is 6.54. The lowest BCUT2D eigenvalue weighted by Crippen LogP contribution is -2.35. The first-order valence-corrected chi connectivity index (χ1v) is 9.77. The van der Waals surface area contributed by atoms with Gasteiger partial charge in [0.25, 0.3) is 0 Å². The molecule has 4 rings (SSSR count). The Hall–Kier alpha value is -1.81. The molecule has 2 N–H and O–H groups in total. The van der Waals surface area contributed by atoms with Gasteiger partial charge in [-0.05, 0) is 55.7 Å². The van der Waals surface area contributed by atoms with E-state index in [-0.39, 0.29) is 17.8 Å². The lowest BCUT2D eigenvalue weighted by molar-refractivity contribution is 0.135. The number of rotatable bonds is 4. The summed E-state index contributed by atoms with van der Waals surface area (Å²) in [7, 11) is -3.39. The number of phenols is 1. The second kappa shape index (κ2) is 5.92. The van der Waals surface area contributed by atoms with Gasteiger partial charge in [0.2, 0.25) is 0 Å². The molecule has 1 unspecified atom stereocenters. The molecule has 0 radical (unpaired) electrons. The van der Waals surface area contributed by atoms with E-state index in [1.54, 1.807) is 24.3 Å². The highest BCUT2D eigenvalue weighted by Gasteiger charge is 2.55. The zero-order chi connectivity index (χ0) is 16.7. The highest BCUT2D eigenvalue weighted by Crippen LogP contribution is 2.59. The molecule has 0 aromatic heterocycles. The Kier molecular flexibility index (Phi) is 3.87. The van der Waals surface area contributed by atoms with Crippen LogP contribution < -0.4 is 9.83 Å². The fourth-order valence-electron chi connectivity index (χ4n) is 3.84. The van der Waals surface area contributed by atoms with Crippen molar-refractivity contribution in [1.82, 2.24) is 4.67 Å². The van der Waals surface area contributed by atoms with Crippen molar-refractivity contribution < 1.29 is 19.3 Å². The maximum Gasteiger partial charge on any atom is 0.350 e. The van der Waals surface area contributed by atoms with Crippen LogP contribution in [0.5, 0.6) is 11.5 Å². The molecule has 24 heavy (non-hydrogen) atoms. The van der Waals surface area contributed by atoms with E-state index < -0.39 is 13.6 Å². The van der Waals surface area contributed by atoms with Crippen LogP contribution in [0.25, 0.3) is 0 Å². The third-order valence-corrected chi connectivity index (χ3v) is 7.56. The van der Waals surface area contributed by atoms with Gasteiger partial charge in [-0.25, -0.2) is 4.67 Å². The Morgan fingerprint density at radius 1 is 1.04 bits per heavy atom. The summed E-state index contributed by atoms with van der Waals surface area (Å²) in [5.74, 6) is 0.657. The zero-order valence-corrected chi connectivity index (χ0v) is 14.0. The summed E-state index contributed by atoms with van der Waals surface area (Å²) in [5, 5.41) is 20.3. The topological polar surface area (TPSA) is 70.0 Å². The summed E-state index contributed by atoms with van der Waals surface area (Å²) in [6.07, 6.45) is 1.91. The van der Waals surface area contributed by atoms with Crippen molar-refractivity contribution in [3.8, 4) is 11.5 Å². The number of fused-ring (bicyclic) bond motifs is 2. The van der Waals surface area contributed by atoms with Crippen LogP contribution in [0.15, 0.2) is 54.6 Å². The number of para-hydroxylation sites is 1. The number of aliphatic hydroxyl groups is 1. The lowest BCUT2D eigenvalue weighted by atomic mass is 9.98. The summed E-state index contributed by atoms with van der Waals surface area (Å²) < 4.78 is 21.9. The number of phenolic OH excluding ortho intramolecular Hbond substituents is 1. The molecule has 4 atom stereocenters. The van der Waals surface area contributed by atoms with Crippen molar-refractivity contribution in [1.29, 1.82) is 0 Å². The molecule has 0 saturated carbocycles. The van der Waals surface area contributed by atoms with Crippen molar-refractivity contribution in [3.05, 3.63) is 54.6 Å². The van der Waals surface area contributed by atoms with Gasteiger partial charge in [0, 0.05) is 12.1 Å². The highest BCUT2D eigenvalue weighted by molar-refractivity contribution is 7.65. The number of hydrogen-bond acceptors (Lipinski definition) is 4. The van der Waals surface area contributed by atoms with Gasteiger partial charge in [0.05, 0.1) is 11.4 Å². The second-order valence-corrected chi connectivity index (χ2v) is 8.62. The van der Waals surface area contributed by atoms with E-state index in [2.05, 4.69) is 0 Å². The molecule has 0 spiro atoms. The molecule has 2 bridgehead atoms. The Balaban J connectivity index is 1.78. The van der Waals surface area contributed by atoms with Gasteiger partial charge in [-0.15, -0.1) is 0 Å². The van der Waals surface area contributed by atoms with Gasteiger partial charge in [-0.2, -0.15) is 0 Å². The molecule has 2 aromatic carbocycles. The average molecular weight is 345 g/mol. The van der Waals surface area contributed by atoms with Crippen molar-refractivity contribution in [2.45, 2.75) is 37.5 Å². The van der Waals surface area contributed by atoms with Crippen molar-refractivity contribution in [3.63, 3.8) is 0 Å². The maximum absolute atomic E-state index is 14.0. The van der Waals surface area contributed by atoms with Crippen LogP contribution in [-0.2, 0) is 4.57 Å². The normalized spacial score (nSPS) is 28.6. The predicted molar refractivity (Wildman–Crippen MR) is 91.7 cm³/mol. The smallest absolute Gasteiger partial charge is 0.350 e. The molecule has 6 heteroatoms. The van der Waals surface area contributed by atoms with Crippen LogP contribution in [0.2, 0.25) is 0 Å². The van der Waals surface area contributed by atoms with E-state index in [0.29, 0.717) is 17.5 Å². The quantitative estimate of drug-likeness (QED) is 0.834. The van der Waals surface area contributed by atoms with Crippen LogP contribution >= 0.6 is 7.52 Å². The largest absolute Gasteiger partial charge is 0.508 e. The van der Waals surface area contributed by atoms with Crippen LogP contribution in [0.1, 0.15) is 19.3 Å². The molecule has 2 saturated heterocycles. The highest BCUT2D eigenvalue weighted by atomic mass is 31.2. The average Bonchev–Trinajstić information content (AvgIpc) is 3.13. The number of nitrogens with zero attached hydrogens (tertiary/aromatic N) is 1. The summed E-state index contributed by atoms with van der Waals surface area (Å²) in [6, 6.07) is 15.4. The zero-order valence-electron chi connectivity index (χ0n) is 13.2. The number of aliphatic hydroxyl groups excluding tert-OH is 1. The van der Waals surface area contributed by atoms with Crippen LogP contribution in [0, 0.1) is 0 Å². The molecule has 0 aliphatic carbocycles. The maximum atomic E-state index is 14.0. The number of aromatic hydroxyl groups is 1. The Labute approximate surface area is 141 Å². The monoisotopic (exact) mass is 345 g/mol. The Morgan fingerprint density at radius 2 is 1.75 bits per heavy atom. The van der Waals surface area contributed by atoms with E-state index in [1.807, 2.05) is 22.9 Å². The van der Waals surface area contributed by atoms with E-state index in [4.69, 9.17) is 4.52 Å². The van der Waals surface area contributed by atoms with Crippen molar-refractivity contribution in [2.24, 2.45) is 0 Å². The first-order chi connectivity index (χ1) is 11.6. The number of hydrogen-bond donors (Lipinski definition) is 2. The standard InChI is InChI=1S/C18H20NO4P/c20-14-7-9-16(10-8-14)24(22,23-15-4-2-1-3-5-15)19-13-6-11-17(19)18(21)12-13/h1-5,7-10,13,17-18,20-21H,6,11-12H2/t13-,17+,18+,24?/m0/s1. The van der Waals surface area contributed by atoms with Gasteiger partial charge < -0.3 is 14.7 Å². The minimum Gasteiger partial charge on any atom is -0.508 e. The van der Waals surface area contributed by atoms with Crippen LogP contribution in [-0.4, -0.2) is 33.1 Å². The second-order valence-electron chi connectivity index (χ2n) is 6.42. The third-order valence-electron chi connectivity index (χ3n) is 4.92. The molecule has 2 aliphatic heterocycles. The van der Waals surface area contributed by atoms with E-state index >= 15 is 0 Å². The Morgan fingerprint density at radius 3 is 2.33 bits per heavy atom. The summed E-state index contributed by atoms with van der Waals surface area (Å²) in [5.41, 5.74) is 0. The Bertz CT molecular complexity index is 764. The van der Waals surface area contributed by atoms with E-state index in [9.17, 15) is 14.8 Å². The first-order valence-electron chi connectivity index (χ1n) is 8.19. The molecule has 0 amide bonds. The predicted octanol–water partition coefficient (Wildman–Crippen LogP) is 2.89. The van der Waals surface area contributed by atoms with E-state index in [0.717, 1.165) is 12.8 Å². The molecular weight excluding hydrogens is 325 g/mol. The molecule has 2 aliphatic rings. The van der Waals surface area contributed by atoms with Gasteiger partial charge in [0.15, 0.2) is 0 Å². The van der Waals surface area contributed by atoms with Gasteiger partial charge in [-0.3, -0.25) is 4.57 Å². The minimum atomic E-state index is -3.39. The van der Waals surface area contributed by atoms with Crippen molar-refractivity contribution in [2.75, 3.05) is 0 Å². The van der Waals surface area contributed by atoms with Gasteiger partial charge in [0.1, 0.15) is 11.5 Å². The molecule has 2 fully saturated rings. The summed E-state index contributed by atoms with van der Waals surface area (Å²) in [6.45, 7) is 0. The molecular formula is C18H20NO4P. The van der Waals surface area contributed by atoms with E-state index in [1.165, 1.54) is 12.1 Å². The molecule has 2 heterocycles.